The summed E-state index contributed by atoms with van der Waals surface area (Å²) < 4.78 is 0.927. The molecule has 2 aromatic carbocycles. The van der Waals surface area contributed by atoms with Gasteiger partial charge in [-0.25, -0.2) is 0 Å². The van der Waals surface area contributed by atoms with Gasteiger partial charge in [0.15, 0.2) is 0 Å². The number of benzene rings is 2. The minimum Gasteiger partial charge on any atom is -0.264 e. The number of pyridine rings is 2. The molecule has 0 radical (unpaired) electrons. The van der Waals surface area contributed by atoms with E-state index in [1.54, 1.807) is 24.8 Å². The van der Waals surface area contributed by atoms with E-state index in [0.717, 1.165) is 37.1 Å². The summed E-state index contributed by atoms with van der Waals surface area (Å²) in [4.78, 5) is 8.06. The number of halogens is 5. The molecule has 0 aliphatic rings. The van der Waals surface area contributed by atoms with Gasteiger partial charge in [0.2, 0.25) is 0 Å². The Morgan fingerprint density at radius 2 is 1.30 bits per heavy atom. The molecule has 0 N–H and O–H groups in total. The molecule has 0 spiro atoms. The average molecular weight is 503 g/mol. The quantitative estimate of drug-likeness (QED) is 0.241. The van der Waals surface area contributed by atoms with Crippen molar-refractivity contribution >= 4 is 83.9 Å². The van der Waals surface area contributed by atoms with Gasteiger partial charge in [-0.1, -0.05) is 46.4 Å². The Hall–Kier alpha value is -1.10. The fraction of sp³-hybridized carbons (Fsp3) is 0.100. The van der Waals surface area contributed by atoms with Gasteiger partial charge in [0.1, 0.15) is 0 Å². The topological polar surface area (TPSA) is 25.8 Å². The van der Waals surface area contributed by atoms with Gasteiger partial charge in [-0.3, -0.25) is 9.97 Å². The fourth-order valence-corrected chi connectivity index (χ4v) is 4.01. The largest absolute Gasteiger partial charge is 0.264 e. The first-order valence-electron chi connectivity index (χ1n) is 7.87. The monoisotopic (exact) mass is 500 g/mol. The minimum atomic E-state index is 0.565. The van der Waals surface area contributed by atoms with Crippen LogP contribution in [0.3, 0.4) is 0 Å². The molecule has 0 saturated heterocycles. The summed E-state index contributed by atoms with van der Waals surface area (Å²) in [6.07, 6.45) is 6.93. The van der Waals surface area contributed by atoms with E-state index in [-0.39, 0.29) is 0 Å². The van der Waals surface area contributed by atoms with Crippen LogP contribution in [0.2, 0.25) is 20.1 Å². The standard InChI is InChI=1S/C10H6BrCl2N.C10H7Cl2N/c1-5-2-6-7(10(13)9(5)12)3-14-4-8(6)11;1-6-4-7-2-3-13-5-8(7)10(12)9(6)11/h2-4H,1H3;2-5H,1H3. The number of aromatic nitrogens is 2. The van der Waals surface area contributed by atoms with Gasteiger partial charge in [0, 0.05) is 45.4 Å². The van der Waals surface area contributed by atoms with Crippen LogP contribution in [-0.4, -0.2) is 9.97 Å². The maximum atomic E-state index is 6.11. The van der Waals surface area contributed by atoms with Gasteiger partial charge >= 0.3 is 0 Å². The second-order valence-electron chi connectivity index (χ2n) is 5.96. The van der Waals surface area contributed by atoms with E-state index in [2.05, 4.69) is 25.9 Å². The summed E-state index contributed by atoms with van der Waals surface area (Å²) >= 11 is 27.6. The molecule has 0 aliphatic heterocycles. The fourth-order valence-electron chi connectivity index (χ4n) is 2.64. The highest BCUT2D eigenvalue weighted by atomic mass is 79.9. The molecule has 0 aliphatic carbocycles. The zero-order chi connectivity index (χ0) is 19.7. The molecule has 0 fully saturated rings. The van der Waals surface area contributed by atoms with Crippen LogP contribution in [0.5, 0.6) is 0 Å². The van der Waals surface area contributed by atoms with E-state index in [1.165, 1.54) is 0 Å². The highest BCUT2D eigenvalue weighted by Gasteiger charge is 2.09. The number of fused-ring (bicyclic) bond motifs is 2. The molecule has 4 rings (SSSR count). The maximum Gasteiger partial charge on any atom is 0.0689 e. The molecule has 7 heteroatoms. The lowest BCUT2D eigenvalue weighted by Crippen LogP contribution is -1.84. The van der Waals surface area contributed by atoms with Crippen LogP contribution >= 0.6 is 62.3 Å². The van der Waals surface area contributed by atoms with Gasteiger partial charge in [-0.15, -0.1) is 0 Å². The van der Waals surface area contributed by atoms with Crippen molar-refractivity contribution < 1.29 is 0 Å². The molecule has 138 valence electrons. The smallest absolute Gasteiger partial charge is 0.0689 e. The van der Waals surface area contributed by atoms with E-state index in [0.29, 0.717) is 20.1 Å². The molecule has 2 nitrogen and oxygen atoms in total. The van der Waals surface area contributed by atoms with E-state index < -0.39 is 0 Å². The molecule has 0 amide bonds. The molecule has 2 aromatic heterocycles. The first-order chi connectivity index (χ1) is 12.8. The van der Waals surface area contributed by atoms with Crippen LogP contribution in [0.25, 0.3) is 21.5 Å². The van der Waals surface area contributed by atoms with Crippen molar-refractivity contribution in [3.05, 3.63) is 78.7 Å². The first-order valence-corrected chi connectivity index (χ1v) is 10.2. The number of nitrogens with zero attached hydrogens (tertiary/aromatic N) is 2. The second kappa shape index (κ2) is 8.50. The minimum absolute atomic E-state index is 0.565. The third-order valence-corrected chi connectivity index (χ3v) is 6.66. The Morgan fingerprint density at radius 3 is 2.00 bits per heavy atom. The third-order valence-electron chi connectivity index (χ3n) is 4.08. The van der Waals surface area contributed by atoms with Gasteiger partial charge in [-0.05, 0) is 64.5 Å². The van der Waals surface area contributed by atoms with Crippen LogP contribution in [0.4, 0.5) is 0 Å². The lowest BCUT2D eigenvalue weighted by molar-refractivity contribution is 1.34. The van der Waals surface area contributed by atoms with Crippen LogP contribution in [0, 0.1) is 13.8 Å². The third kappa shape index (κ3) is 4.18. The van der Waals surface area contributed by atoms with Crippen LogP contribution < -0.4 is 0 Å². The second-order valence-corrected chi connectivity index (χ2v) is 8.32. The molecule has 2 heterocycles. The summed E-state index contributed by atoms with van der Waals surface area (Å²) in [6, 6.07) is 5.92. The van der Waals surface area contributed by atoms with Crippen molar-refractivity contribution in [3.63, 3.8) is 0 Å². The Balaban J connectivity index is 0.000000156. The van der Waals surface area contributed by atoms with Crippen LogP contribution in [0.15, 0.2) is 47.5 Å². The van der Waals surface area contributed by atoms with Gasteiger partial charge in [0.25, 0.3) is 0 Å². The molecule has 0 atom stereocenters. The molecular weight excluding hydrogens is 490 g/mol. The van der Waals surface area contributed by atoms with Crippen molar-refractivity contribution in [3.8, 4) is 0 Å². The summed E-state index contributed by atoms with van der Waals surface area (Å²) in [5, 5.41) is 6.24. The average Bonchev–Trinajstić information content (AvgIpc) is 2.66. The summed E-state index contributed by atoms with van der Waals surface area (Å²) in [5.41, 5.74) is 1.96. The Bertz CT molecular complexity index is 1160. The lowest BCUT2D eigenvalue weighted by Gasteiger charge is -2.06. The normalized spacial score (nSPS) is 10.8. The van der Waals surface area contributed by atoms with Crippen molar-refractivity contribution in [2.75, 3.05) is 0 Å². The molecule has 0 unspecified atom stereocenters. The van der Waals surface area contributed by atoms with E-state index in [9.17, 15) is 0 Å². The highest BCUT2D eigenvalue weighted by Crippen LogP contribution is 2.36. The Morgan fingerprint density at radius 1 is 0.704 bits per heavy atom. The van der Waals surface area contributed by atoms with E-state index in [1.807, 2.05) is 32.0 Å². The SMILES string of the molecule is Cc1cc2c(Br)cncc2c(Cl)c1Cl.Cc1cc2ccncc2c(Cl)c1Cl. The molecule has 0 bridgehead atoms. The van der Waals surface area contributed by atoms with Crippen LogP contribution in [0.1, 0.15) is 11.1 Å². The van der Waals surface area contributed by atoms with Crippen molar-refractivity contribution in [1.29, 1.82) is 0 Å². The maximum absolute atomic E-state index is 6.11. The molecular formula is C20H13BrCl4N2. The molecule has 4 aromatic rings. The zero-order valence-corrected chi connectivity index (χ0v) is 18.9. The Labute approximate surface area is 185 Å². The zero-order valence-electron chi connectivity index (χ0n) is 14.3. The van der Waals surface area contributed by atoms with E-state index in [4.69, 9.17) is 46.4 Å². The number of aryl methyl sites for hydroxylation is 2. The molecule has 0 saturated carbocycles. The predicted molar refractivity (Wildman–Crippen MR) is 121 cm³/mol. The van der Waals surface area contributed by atoms with E-state index >= 15 is 0 Å². The van der Waals surface area contributed by atoms with Gasteiger partial charge in [-0.2, -0.15) is 0 Å². The predicted octanol–water partition coefficient (Wildman–Crippen LogP) is 8.46. The number of hydrogen-bond donors (Lipinski definition) is 0. The summed E-state index contributed by atoms with van der Waals surface area (Å²) in [7, 11) is 0. The summed E-state index contributed by atoms with van der Waals surface area (Å²) in [5.74, 6) is 0. The molecule has 27 heavy (non-hydrogen) atoms. The van der Waals surface area contributed by atoms with Crippen molar-refractivity contribution in [2.24, 2.45) is 0 Å². The van der Waals surface area contributed by atoms with Gasteiger partial charge in [0.05, 0.1) is 20.1 Å². The van der Waals surface area contributed by atoms with Crippen molar-refractivity contribution in [1.82, 2.24) is 9.97 Å². The lowest BCUT2D eigenvalue weighted by atomic mass is 10.1. The summed E-state index contributed by atoms with van der Waals surface area (Å²) in [6.45, 7) is 3.87. The number of rotatable bonds is 0. The van der Waals surface area contributed by atoms with Crippen molar-refractivity contribution in [2.45, 2.75) is 13.8 Å². The van der Waals surface area contributed by atoms with Crippen LogP contribution in [-0.2, 0) is 0 Å². The first kappa shape index (κ1) is 20.6. The highest BCUT2D eigenvalue weighted by molar-refractivity contribution is 9.10. The Kier molecular flexibility index (Phi) is 6.50. The van der Waals surface area contributed by atoms with Gasteiger partial charge < -0.3 is 0 Å². The number of hydrogen-bond acceptors (Lipinski definition) is 2.